The maximum absolute atomic E-state index is 13.5. The Balaban J connectivity index is 0.000000360. The van der Waals surface area contributed by atoms with Crippen LogP contribution in [-0.2, 0) is 69.7 Å². The molecule has 0 fully saturated rings. The Kier molecular flexibility index (Phi) is 28.5. The van der Waals surface area contributed by atoms with E-state index < -0.39 is 17.6 Å². The van der Waals surface area contributed by atoms with Crippen LogP contribution in [0.25, 0.3) is 57.8 Å². The summed E-state index contributed by atoms with van der Waals surface area (Å²) in [4.78, 5) is 55.3. The Morgan fingerprint density at radius 3 is 0.963 bits per heavy atom. The van der Waals surface area contributed by atoms with Crippen molar-refractivity contribution in [2.24, 2.45) is 0 Å². The van der Waals surface area contributed by atoms with Crippen LogP contribution in [0.15, 0.2) is 238 Å². The van der Waals surface area contributed by atoms with E-state index in [2.05, 4.69) is 261 Å². The summed E-state index contributed by atoms with van der Waals surface area (Å²) in [6.45, 7) is 27.4. The van der Waals surface area contributed by atoms with Crippen LogP contribution < -0.4 is 14.7 Å². The number of carbonyl (C=O) groups is 3. The molecule has 0 bridgehead atoms. The number of benzene rings is 6. The Morgan fingerprint density at radius 2 is 0.682 bits per heavy atom. The predicted octanol–water partition coefficient (Wildman–Crippen LogP) is 22.9. The normalized spacial score (nSPS) is 11.8. The minimum absolute atomic E-state index is 0. The van der Waals surface area contributed by atoms with Crippen LogP contribution in [0.4, 0.5) is 64.4 Å². The summed E-state index contributed by atoms with van der Waals surface area (Å²) >= 11 is 3.70. The number of carbonyl (C=O) groups excluding carboxylic acids is 3. The molecule has 0 atom stereocenters. The number of ether oxygens (including phenoxy) is 3. The van der Waals surface area contributed by atoms with Crippen LogP contribution >= 0.6 is 12.2 Å². The summed E-state index contributed by atoms with van der Waals surface area (Å²) in [6.07, 6.45) is 8.89. The number of allylic oxidation sites excluding steroid dienone is 1. The topological polar surface area (TPSA) is 210 Å². The minimum atomic E-state index is -4.90. The van der Waals surface area contributed by atoms with Gasteiger partial charge in [0.15, 0.2) is 0 Å². The first kappa shape index (κ1) is 82.7. The van der Waals surface area contributed by atoms with Crippen molar-refractivity contribution >= 4 is 118 Å². The van der Waals surface area contributed by atoms with Gasteiger partial charge in [-0.05, 0) is 231 Å². The molecule has 0 spiro atoms. The van der Waals surface area contributed by atoms with Gasteiger partial charge in [-0.3, -0.25) is 34.7 Å². The first-order valence-corrected chi connectivity index (χ1v) is 34.1. The average Bonchev–Trinajstić information content (AvgIpc) is 0.781. The Bertz CT molecular complexity index is 4470. The van der Waals surface area contributed by atoms with Crippen molar-refractivity contribution in [1.29, 1.82) is 5.41 Å². The number of isothiocyanates is 1. The Labute approximate surface area is 642 Å². The van der Waals surface area contributed by atoms with E-state index in [1.165, 1.54) is 52.4 Å². The fourth-order valence-electron chi connectivity index (χ4n) is 11.0. The maximum Gasteiger partial charge on any atom is 2.00 e. The molecular weight excluding hydrogens is 1460 g/mol. The Morgan fingerprint density at radius 1 is 0.421 bits per heavy atom. The molecule has 0 saturated carbocycles. The molecule has 4 heterocycles. The van der Waals surface area contributed by atoms with Crippen LogP contribution in [0, 0.1) is 5.41 Å². The third kappa shape index (κ3) is 22.9. The molecule has 10 rings (SSSR count). The van der Waals surface area contributed by atoms with Crippen molar-refractivity contribution in [2.75, 3.05) is 14.7 Å². The fourth-order valence-corrected chi connectivity index (χ4v) is 11.0. The quantitative estimate of drug-likeness (QED) is 0.0167. The number of rotatable bonds is 22. The summed E-state index contributed by atoms with van der Waals surface area (Å²) in [7, 11) is 0. The summed E-state index contributed by atoms with van der Waals surface area (Å²) in [5, 5.41) is 16.0. The molecule has 107 heavy (non-hydrogen) atoms. The minimum Gasteiger partial charge on any atom is -0.753 e. The maximum atomic E-state index is 13.5. The van der Waals surface area contributed by atoms with E-state index in [1.54, 1.807) is 79.2 Å². The summed E-state index contributed by atoms with van der Waals surface area (Å²) in [5.74, 6) is 0. The average molecular weight is 1540 g/mol. The number of nitrogens with zero attached hydrogens (tertiary/aromatic N) is 8. The number of anilines is 9. The van der Waals surface area contributed by atoms with Crippen molar-refractivity contribution in [3.63, 3.8) is 0 Å². The summed E-state index contributed by atoms with van der Waals surface area (Å²) in [5.41, 5.74) is 23.6. The number of pyridine rings is 4. The number of hydrogen-bond donors (Lipinski definition) is 1. The predicted molar refractivity (Wildman–Crippen MR) is 424 cm³/mol. The van der Waals surface area contributed by atoms with Crippen molar-refractivity contribution in [3.05, 3.63) is 293 Å². The molecule has 10 aromatic rings. The number of alkyl halides is 3. The molecule has 6 aromatic carbocycles. The van der Waals surface area contributed by atoms with Crippen LogP contribution in [0.2, 0.25) is 0 Å². The van der Waals surface area contributed by atoms with E-state index in [9.17, 15) is 27.6 Å². The SMILES string of the molecule is CC(C)(C)c1ccc(N(c2ccc(N(c3ccc(N(c4ccc(C(C)(C)C)cc4)c4ccc(C(C)(C)C)cc4)cc3)c3ccnc(/C([NH-])=C/C(=N)C(F)(F)F)c3)cc2)c2ccc(C(C)(C)C)cc2)cc1.O=CO/C=C/c1ccnc(-c2cc(/C=C/OC=O)cc(-c3cc(/C=C/OC=O)ccn3)n2)c1.[N-]=C=S.[Ru+2]. The van der Waals surface area contributed by atoms with Gasteiger partial charge in [0.2, 0.25) is 0 Å². The smallest absolute Gasteiger partial charge is 0.753 e. The zero-order valence-corrected chi connectivity index (χ0v) is 64.0. The second kappa shape index (κ2) is 36.9. The fraction of sp³-hybridized carbons (Fsp3) is 0.198. The van der Waals surface area contributed by atoms with E-state index in [-0.39, 0.29) is 46.8 Å². The summed E-state index contributed by atoms with van der Waals surface area (Å²) in [6, 6.07) is 65.0. The molecule has 0 aliphatic rings. The van der Waals surface area contributed by atoms with Gasteiger partial charge in [0.25, 0.3) is 19.4 Å². The van der Waals surface area contributed by atoms with E-state index in [1.807, 2.05) is 29.2 Å². The molecule has 0 unspecified atom stereocenters. The third-order valence-corrected chi connectivity index (χ3v) is 16.7. The summed E-state index contributed by atoms with van der Waals surface area (Å²) < 4.78 is 54.2. The van der Waals surface area contributed by atoms with Gasteiger partial charge < -0.3 is 40.1 Å². The molecule has 0 aliphatic heterocycles. The Hall–Kier alpha value is -11.6. The van der Waals surface area contributed by atoms with E-state index in [0.717, 1.165) is 56.6 Å². The number of hydrogen-bond acceptors (Lipinski definition) is 15. The first-order valence-electron chi connectivity index (χ1n) is 33.6. The van der Waals surface area contributed by atoms with Gasteiger partial charge in [0.05, 0.1) is 41.6 Å². The van der Waals surface area contributed by atoms with Gasteiger partial charge in [-0.2, -0.15) is 18.3 Å². The van der Waals surface area contributed by atoms with Gasteiger partial charge in [-0.15, -0.1) is 5.70 Å². The standard InChI is InChI=1S/C61H66F3N6.C24H17N3O6.CNS.Ru/c1-57(2,3)41-13-21-45(22-14-41)68(46-23-15-42(16-24-46)58(4,5)6)49-29-33-51(34-30-49)70(53-37-38-67-55(39-53)54(65)40-56(66)61(62,63)64)52-35-31-50(32-36-52)69(47-25-17-43(18-26-47)59(7,8)9)48-27-19-44(20-28-48)60(10,11)12;28-15-31-8-3-18-1-6-25-21(11-18)23-13-20(5-10-33-17-30)14-24(27-23)22-12-19(2-7-26-22)4-9-32-16-29;2-1-3;/h13-40,65-66H,1-12H3;1-17H;;/q-1;;-1;+2/b54-40-,66-56?;8-3+,9-4+,10-5+;;. The van der Waals surface area contributed by atoms with Crippen LogP contribution in [0.1, 0.15) is 128 Å². The van der Waals surface area contributed by atoms with Gasteiger partial charge in [-0.25, -0.2) is 4.98 Å². The van der Waals surface area contributed by atoms with Crippen molar-refractivity contribution in [1.82, 2.24) is 19.9 Å². The van der Waals surface area contributed by atoms with E-state index >= 15 is 0 Å². The van der Waals surface area contributed by atoms with Gasteiger partial charge in [0.1, 0.15) is 5.71 Å². The number of nitrogens with one attached hydrogen (secondary N) is 2. The molecule has 16 nitrogen and oxygen atoms in total. The molecular formula is C86H83F3N10O6RuS. The van der Waals surface area contributed by atoms with Crippen molar-refractivity contribution in [2.45, 2.75) is 111 Å². The number of thiocarbonyl (C=S) groups is 1. The van der Waals surface area contributed by atoms with Crippen LogP contribution in [-0.4, -0.2) is 56.4 Å². The zero-order valence-electron chi connectivity index (χ0n) is 61.4. The largest absolute Gasteiger partial charge is 2.00 e. The molecule has 548 valence electrons. The van der Waals surface area contributed by atoms with E-state index in [4.69, 9.17) is 16.6 Å². The molecule has 0 saturated heterocycles. The molecule has 0 aliphatic carbocycles. The second-order valence-corrected chi connectivity index (χ2v) is 28.6. The van der Waals surface area contributed by atoms with Crippen LogP contribution in [0.5, 0.6) is 0 Å². The molecule has 4 aromatic heterocycles. The first-order chi connectivity index (χ1) is 50.3. The van der Waals surface area contributed by atoms with Gasteiger partial charge >= 0.3 is 25.7 Å². The molecule has 0 radical (unpaired) electrons. The van der Waals surface area contributed by atoms with Gasteiger partial charge in [0, 0.05) is 75.5 Å². The number of halogens is 3. The number of aromatic nitrogens is 4. The molecule has 0 amide bonds. The molecule has 21 heteroatoms. The van der Waals surface area contributed by atoms with Gasteiger partial charge in [-0.1, -0.05) is 144 Å². The second-order valence-electron chi connectivity index (χ2n) is 28.4. The van der Waals surface area contributed by atoms with E-state index in [0.29, 0.717) is 59.5 Å². The van der Waals surface area contributed by atoms with Crippen molar-refractivity contribution in [3.8, 4) is 22.8 Å². The third-order valence-electron chi connectivity index (χ3n) is 16.7. The monoisotopic (exact) mass is 1540 g/mol. The molecule has 2 N–H and O–H groups in total. The van der Waals surface area contributed by atoms with Crippen LogP contribution in [0.3, 0.4) is 0 Å². The zero-order chi connectivity index (χ0) is 77.0. The van der Waals surface area contributed by atoms with Crippen molar-refractivity contribution < 1.29 is 61.2 Å².